The number of nitrogen functional groups attached to an aromatic ring is 1. The molecule has 104 valence electrons. The number of nitrogens with one attached hydrogen (secondary N) is 2. The zero-order chi connectivity index (χ0) is 14.6. The molecule has 0 bridgehead atoms. The third-order valence-electron chi connectivity index (χ3n) is 2.78. The number of carboxylic acids is 1. The number of benzene rings is 1. The van der Waals surface area contributed by atoms with Crippen molar-refractivity contribution >= 4 is 17.7 Å². The maximum absolute atomic E-state index is 11.7. The standard InChI is InChI=1S/C13H19N3O3/c1-8(11(17)18)15-12(19)16-13(2,3)9-4-6-10(14)7-5-9/h4-8H,14H2,1-3H3,(H,17,18)(H2,15,16,19). The minimum absolute atomic E-state index is 0.531. The normalized spacial score (nSPS) is 12.6. The number of amides is 2. The summed E-state index contributed by atoms with van der Waals surface area (Å²) < 4.78 is 0. The molecule has 6 nitrogen and oxygen atoms in total. The molecule has 6 heteroatoms. The van der Waals surface area contributed by atoms with E-state index >= 15 is 0 Å². The molecule has 0 radical (unpaired) electrons. The van der Waals surface area contributed by atoms with Crippen LogP contribution in [0.2, 0.25) is 0 Å². The van der Waals surface area contributed by atoms with Crippen LogP contribution in [0.5, 0.6) is 0 Å². The van der Waals surface area contributed by atoms with E-state index in [1.54, 1.807) is 12.1 Å². The summed E-state index contributed by atoms with van der Waals surface area (Å²) in [5.41, 5.74) is 6.49. The van der Waals surface area contributed by atoms with Crippen molar-refractivity contribution in [3.8, 4) is 0 Å². The van der Waals surface area contributed by atoms with Gasteiger partial charge in [-0.25, -0.2) is 4.79 Å². The molecule has 1 rings (SSSR count). The summed E-state index contributed by atoms with van der Waals surface area (Å²) in [6.07, 6.45) is 0. The van der Waals surface area contributed by atoms with Gasteiger partial charge in [0.1, 0.15) is 6.04 Å². The van der Waals surface area contributed by atoms with E-state index in [1.807, 2.05) is 26.0 Å². The Morgan fingerprint density at radius 3 is 2.26 bits per heavy atom. The van der Waals surface area contributed by atoms with Crippen molar-refractivity contribution < 1.29 is 14.7 Å². The molecule has 0 aliphatic heterocycles. The molecule has 1 unspecified atom stereocenters. The Morgan fingerprint density at radius 2 is 1.79 bits per heavy atom. The van der Waals surface area contributed by atoms with Gasteiger partial charge in [-0.2, -0.15) is 0 Å². The Morgan fingerprint density at radius 1 is 1.26 bits per heavy atom. The maximum atomic E-state index is 11.7. The molecule has 19 heavy (non-hydrogen) atoms. The zero-order valence-corrected chi connectivity index (χ0v) is 11.2. The van der Waals surface area contributed by atoms with E-state index in [-0.39, 0.29) is 0 Å². The molecule has 1 atom stereocenters. The quantitative estimate of drug-likeness (QED) is 0.615. The van der Waals surface area contributed by atoms with E-state index in [4.69, 9.17) is 10.8 Å². The van der Waals surface area contributed by atoms with E-state index in [0.717, 1.165) is 5.56 Å². The highest BCUT2D eigenvalue weighted by molar-refractivity contribution is 5.82. The van der Waals surface area contributed by atoms with Gasteiger partial charge in [0.05, 0.1) is 5.54 Å². The highest BCUT2D eigenvalue weighted by Crippen LogP contribution is 2.20. The molecule has 5 N–H and O–H groups in total. The minimum Gasteiger partial charge on any atom is -0.480 e. The van der Waals surface area contributed by atoms with Crippen LogP contribution in [0.4, 0.5) is 10.5 Å². The predicted octanol–water partition coefficient (Wildman–Crippen LogP) is 1.28. The van der Waals surface area contributed by atoms with Gasteiger partial charge in [-0.1, -0.05) is 12.1 Å². The molecule has 2 amide bonds. The second-order valence-electron chi connectivity index (χ2n) is 4.91. The summed E-state index contributed by atoms with van der Waals surface area (Å²) in [7, 11) is 0. The molecular formula is C13H19N3O3. The lowest BCUT2D eigenvalue weighted by molar-refractivity contribution is -0.138. The first-order valence-electron chi connectivity index (χ1n) is 5.90. The summed E-state index contributed by atoms with van der Waals surface area (Å²) >= 11 is 0. The Labute approximate surface area is 112 Å². The zero-order valence-electron chi connectivity index (χ0n) is 11.2. The second-order valence-corrected chi connectivity index (χ2v) is 4.91. The fourth-order valence-corrected chi connectivity index (χ4v) is 1.55. The number of rotatable bonds is 4. The van der Waals surface area contributed by atoms with Gasteiger partial charge >= 0.3 is 12.0 Å². The minimum atomic E-state index is -1.08. The molecule has 0 saturated heterocycles. The maximum Gasteiger partial charge on any atom is 0.325 e. The van der Waals surface area contributed by atoms with Gasteiger partial charge in [0.25, 0.3) is 0 Å². The van der Waals surface area contributed by atoms with E-state index in [1.165, 1.54) is 6.92 Å². The largest absolute Gasteiger partial charge is 0.480 e. The summed E-state index contributed by atoms with van der Waals surface area (Å²) in [5.74, 6) is -1.08. The lowest BCUT2D eigenvalue weighted by Crippen LogP contribution is -2.50. The van der Waals surface area contributed by atoms with Crippen molar-refractivity contribution in [2.45, 2.75) is 32.4 Å². The van der Waals surface area contributed by atoms with Crippen LogP contribution >= 0.6 is 0 Å². The molecule has 0 aliphatic rings. The third-order valence-corrected chi connectivity index (χ3v) is 2.78. The van der Waals surface area contributed by atoms with Crippen LogP contribution in [0, 0.1) is 0 Å². The number of anilines is 1. The summed E-state index contributed by atoms with van der Waals surface area (Å²) in [6.45, 7) is 5.05. The van der Waals surface area contributed by atoms with Gasteiger partial charge in [-0.3, -0.25) is 4.79 Å². The van der Waals surface area contributed by atoms with E-state index in [9.17, 15) is 9.59 Å². The lowest BCUT2D eigenvalue weighted by Gasteiger charge is -2.27. The highest BCUT2D eigenvalue weighted by atomic mass is 16.4. The molecule has 0 fully saturated rings. The lowest BCUT2D eigenvalue weighted by atomic mass is 9.94. The van der Waals surface area contributed by atoms with Gasteiger partial charge in [0, 0.05) is 5.69 Å². The molecule has 0 aromatic heterocycles. The molecule has 1 aromatic rings. The monoisotopic (exact) mass is 265 g/mol. The summed E-state index contributed by atoms with van der Waals surface area (Å²) in [5, 5.41) is 13.8. The van der Waals surface area contributed by atoms with Gasteiger partial charge in [-0.05, 0) is 38.5 Å². The van der Waals surface area contributed by atoms with E-state index < -0.39 is 23.6 Å². The van der Waals surface area contributed by atoms with Crippen LogP contribution < -0.4 is 16.4 Å². The Bertz CT molecular complexity index is 469. The number of carboxylic acid groups (broad SMARTS) is 1. The van der Waals surface area contributed by atoms with Crippen molar-refractivity contribution in [1.82, 2.24) is 10.6 Å². The van der Waals surface area contributed by atoms with E-state index in [2.05, 4.69) is 10.6 Å². The fourth-order valence-electron chi connectivity index (χ4n) is 1.55. The molecule has 0 heterocycles. The highest BCUT2D eigenvalue weighted by Gasteiger charge is 2.24. The SMILES string of the molecule is CC(NC(=O)NC(C)(C)c1ccc(N)cc1)C(=O)O. The van der Waals surface area contributed by atoms with Gasteiger partial charge in [0.15, 0.2) is 0 Å². The number of urea groups is 1. The van der Waals surface area contributed by atoms with Crippen LogP contribution in [0.3, 0.4) is 0 Å². The first-order chi connectivity index (χ1) is 8.72. The predicted molar refractivity (Wildman–Crippen MR) is 72.6 cm³/mol. The molecule has 0 aliphatic carbocycles. The first-order valence-corrected chi connectivity index (χ1v) is 5.90. The molecule has 0 saturated carbocycles. The molecular weight excluding hydrogens is 246 g/mol. The Kier molecular flexibility index (Phi) is 4.37. The number of carbonyl (C=O) groups is 2. The Balaban J connectivity index is 2.71. The second kappa shape index (κ2) is 5.60. The van der Waals surface area contributed by atoms with Gasteiger partial charge < -0.3 is 21.5 Å². The molecule has 0 spiro atoms. The number of hydrogen-bond acceptors (Lipinski definition) is 3. The van der Waals surface area contributed by atoms with Crippen molar-refractivity contribution in [2.24, 2.45) is 0 Å². The van der Waals surface area contributed by atoms with Crippen LogP contribution in [0.1, 0.15) is 26.3 Å². The van der Waals surface area contributed by atoms with Gasteiger partial charge in [0.2, 0.25) is 0 Å². The van der Waals surface area contributed by atoms with Crippen LogP contribution in [0.15, 0.2) is 24.3 Å². The van der Waals surface area contributed by atoms with Gasteiger partial charge in [-0.15, -0.1) is 0 Å². The fraction of sp³-hybridized carbons (Fsp3) is 0.385. The van der Waals surface area contributed by atoms with Crippen molar-refractivity contribution in [2.75, 3.05) is 5.73 Å². The number of carbonyl (C=O) groups excluding carboxylic acids is 1. The van der Waals surface area contributed by atoms with Crippen LogP contribution in [0.25, 0.3) is 0 Å². The van der Waals surface area contributed by atoms with Crippen molar-refractivity contribution in [1.29, 1.82) is 0 Å². The third kappa shape index (κ3) is 4.17. The average molecular weight is 265 g/mol. The topological polar surface area (TPSA) is 104 Å². The van der Waals surface area contributed by atoms with Crippen LogP contribution in [-0.4, -0.2) is 23.1 Å². The summed E-state index contributed by atoms with van der Waals surface area (Å²) in [6, 6.07) is 5.65. The average Bonchev–Trinajstić information content (AvgIpc) is 2.28. The Hall–Kier alpha value is -2.24. The number of aliphatic carboxylic acids is 1. The first kappa shape index (κ1) is 14.8. The van der Waals surface area contributed by atoms with Crippen molar-refractivity contribution in [3.05, 3.63) is 29.8 Å². The van der Waals surface area contributed by atoms with Crippen molar-refractivity contribution in [3.63, 3.8) is 0 Å². The summed E-state index contributed by atoms with van der Waals surface area (Å²) in [4.78, 5) is 22.4. The van der Waals surface area contributed by atoms with Crippen LogP contribution in [-0.2, 0) is 10.3 Å². The van der Waals surface area contributed by atoms with E-state index in [0.29, 0.717) is 5.69 Å². The number of nitrogens with two attached hydrogens (primary N) is 1. The molecule has 1 aromatic carbocycles. The number of hydrogen-bond donors (Lipinski definition) is 4. The smallest absolute Gasteiger partial charge is 0.325 e.